The number of carbonyl (C=O) groups excluding carboxylic acids is 1. The van der Waals surface area contributed by atoms with Crippen molar-refractivity contribution in [2.45, 2.75) is 106 Å². The molecule has 228 valence electrons. The van der Waals surface area contributed by atoms with E-state index in [1.54, 1.807) is 30.0 Å². The zero-order valence-corrected chi connectivity index (χ0v) is 24.0. The van der Waals surface area contributed by atoms with E-state index in [0.717, 1.165) is 54.7 Å². The highest BCUT2D eigenvalue weighted by atomic mass is 32.2. The van der Waals surface area contributed by atoms with Gasteiger partial charge in [0.2, 0.25) is 0 Å². The fourth-order valence-corrected chi connectivity index (χ4v) is 7.15. The molecule has 2 N–H and O–H groups in total. The molecule has 3 atom stereocenters. The summed E-state index contributed by atoms with van der Waals surface area (Å²) in [6.07, 6.45) is -1.66. The van der Waals surface area contributed by atoms with Crippen LogP contribution in [0, 0.1) is 5.92 Å². The van der Waals surface area contributed by atoms with Gasteiger partial charge in [-0.15, -0.1) is 11.8 Å². The molecule has 0 aliphatic carbocycles. The summed E-state index contributed by atoms with van der Waals surface area (Å²) in [6, 6.07) is 12.9. The second-order valence-corrected chi connectivity index (χ2v) is 12.4. The number of unbranched alkanes of at least 4 members (excludes halogenated alkanes) is 5. The van der Waals surface area contributed by atoms with Crippen LogP contribution >= 0.6 is 11.8 Å². The summed E-state index contributed by atoms with van der Waals surface area (Å²) in [5.74, 6) is -5.73. The number of carboxylic acid groups (broad SMARTS) is 1. The number of carbonyl (C=O) groups is 1. The highest BCUT2D eigenvalue weighted by Gasteiger charge is 2.56. The maximum atomic E-state index is 13.1. The second kappa shape index (κ2) is 14.1. The third kappa shape index (κ3) is 8.75. The number of phenols is 2. The Balaban J connectivity index is 1.45. The second-order valence-electron chi connectivity index (χ2n) is 11.3. The molecule has 1 heterocycles. The van der Waals surface area contributed by atoms with Crippen molar-refractivity contribution < 1.29 is 42.1 Å². The van der Waals surface area contributed by atoms with Crippen LogP contribution in [-0.2, 0) is 10.2 Å². The quantitative estimate of drug-likeness (QED) is 0.159. The lowest BCUT2D eigenvalue weighted by molar-refractivity contribution is -0.312. The van der Waals surface area contributed by atoms with Crippen LogP contribution in [0.1, 0.15) is 94.6 Å². The number of benzene rings is 2. The topological polar surface area (TPSA) is 80.6 Å². The lowest BCUT2D eigenvalue weighted by Crippen LogP contribution is -2.37. The Labute approximate surface area is 242 Å². The Morgan fingerprint density at radius 2 is 1.51 bits per heavy atom. The Bertz CT molecular complexity index is 1140. The molecule has 10 heteroatoms. The first-order valence-corrected chi connectivity index (χ1v) is 15.1. The molecule has 0 radical (unpaired) electrons. The number of rotatable bonds is 15. The number of halogens is 5. The molecule has 0 fully saturated rings. The molecular formula is C31H38F5O4S-. The Morgan fingerprint density at radius 1 is 0.927 bits per heavy atom. The zero-order valence-electron chi connectivity index (χ0n) is 23.2. The van der Waals surface area contributed by atoms with E-state index in [1.807, 2.05) is 24.3 Å². The van der Waals surface area contributed by atoms with Gasteiger partial charge >= 0.3 is 12.1 Å². The van der Waals surface area contributed by atoms with E-state index in [4.69, 9.17) is 0 Å². The summed E-state index contributed by atoms with van der Waals surface area (Å²) in [5.41, 5.74) is 2.19. The summed E-state index contributed by atoms with van der Waals surface area (Å²) in [6.45, 7) is 2.24. The van der Waals surface area contributed by atoms with Crippen LogP contribution in [0.4, 0.5) is 22.0 Å². The largest absolute Gasteiger partial charge is 0.550 e. The average Bonchev–Trinajstić information content (AvgIpc) is 2.89. The monoisotopic (exact) mass is 601 g/mol. The van der Waals surface area contributed by atoms with Crippen molar-refractivity contribution in [3.8, 4) is 11.5 Å². The van der Waals surface area contributed by atoms with Gasteiger partial charge in [0.05, 0.1) is 0 Å². The van der Waals surface area contributed by atoms with E-state index in [0.29, 0.717) is 6.42 Å². The lowest BCUT2D eigenvalue weighted by atomic mass is 9.68. The van der Waals surface area contributed by atoms with Gasteiger partial charge in [-0.3, -0.25) is 0 Å². The normalized spacial score (nSPS) is 20.0. The van der Waals surface area contributed by atoms with E-state index in [1.165, 1.54) is 5.56 Å². The lowest BCUT2D eigenvalue weighted by Gasteiger charge is -2.43. The molecule has 2 aromatic carbocycles. The summed E-state index contributed by atoms with van der Waals surface area (Å²) < 4.78 is 63.1. The molecule has 4 nitrogen and oxygen atoms in total. The number of hydrogen-bond acceptors (Lipinski definition) is 5. The zero-order chi connectivity index (χ0) is 30.3. The van der Waals surface area contributed by atoms with Gasteiger partial charge in [0.15, 0.2) is 0 Å². The molecule has 2 aromatic rings. The maximum absolute atomic E-state index is 13.1. The Kier molecular flexibility index (Phi) is 11.4. The standard InChI is InChI=1S/C31H39F5O4S/c1-29(22-12-14-23(37)15-13-22)20-41-27-19-24(38)16-17-25(27)26(29)11-7-5-3-2-4-6-9-21(28(39)40)10-8-18-30(32,33)31(34,35)36/h12-17,19,21,26,37-38H,2-11,18,20H2,1H3,(H,39,40)/p-1. The third-order valence-electron chi connectivity index (χ3n) is 8.28. The first-order chi connectivity index (χ1) is 19.2. The molecule has 3 unspecified atom stereocenters. The van der Waals surface area contributed by atoms with E-state index in [2.05, 4.69) is 6.92 Å². The molecule has 3 rings (SSSR count). The molecule has 0 aromatic heterocycles. The van der Waals surface area contributed by atoms with Gasteiger partial charge in [-0.2, -0.15) is 22.0 Å². The van der Waals surface area contributed by atoms with Crippen LogP contribution in [-0.4, -0.2) is 34.0 Å². The molecule has 1 aliphatic heterocycles. The average molecular weight is 602 g/mol. The molecule has 0 amide bonds. The maximum Gasteiger partial charge on any atom is 0.453 e. The van der Waals surface area contributed by atoms with Crippen molar-refractivity contribution >= 4 is 17.7 Å². The minimum atomic E-state index is -5.63. The number of aromatic hydroxyl groups is 2. The number of thioether (sulfide) groups is 1. The van der Waals surface area contributed by atoms with Gasteiger partial charge in [-0.25, -0.2) is 0 Å². The first-order valence-electron chi connectivity index (χ1n) is 14.2. The van der Waals surface area contributed by atoms with Crippen LogP contribution in [0.15, 0.2) is 47.4 Å². The fourth-order valence-electron chi connectivity index (χ4n) is 5.75. The highest BCUT2D eigenvalue weighted by Crippen LogP contribution is 2.52. The smallest absolute Gasteiger partial charge is 0.453 e. The Hall–Kier alpha value is -2.49. The van der Waals surface area contributed by atoms with Crippen molar-refractivity contribution in [3.05, 3.63) is 53.6 Å². The van der Waals surface area contributed by atoms with Crippen molar-refractivity contribution in [1.29, 1.82) is 0 Å². The summed E-state index contributed by atoms with van der Waals surface area (Å²) >= 11 is 1.72. The minimum Gasteiger partial charge on any atom is -0.550 e. The number of carboxylic acids is 1. The SMILES string of the molecule is CC1(c2ccc(O)cc2)CSc2cc(O)ccc2C1CCCCCCCCC(CCCC(F)(F)C(F)(F)F)C(=O)[O-]. The minimum absolute atomic E-state index is 0.160. The van der Waals surface area contributed by atoms with E-state index < -0.39 is 36.8 Å². The molecule has 1 aliphatic rings. The number of hydrogen-bond donors (Lipinski definition) is 2. The molecular weight excluding hydrogens is 563 g/mol. The van der Waals surface area contributed by atoms with Gasteiger partial charge in [-0.05, 0) is 72.9 Å². The number of phenolic OH excluding ortho intramolecular Hbond substituents is 2. The van der Waals surface area contributed by atoms with Crippen molar-refractivity contribution in [3.63, 3.8) is 0 Å². The van der Waals surface area contributed by atoms with E-state index in [-0.39, 0.29) is 35.7 Å². The summed E-state index contributed by atoms with van der Waals surface area (Å²) in [4.78, 5) is 12.4. The van der Waals surface area contributed by atoms with Gasteiger partial charge < -0.3 is 20.1 Å². The van der Waals surface area contributed by atoms with Gasteiger partial charge in [0, 0.05) is 28.5 Å². The van der Waals surface area contributed by atoms with Crippen LogP contribution in [0.5, 0.6) is 11.5 Å². The van der Waals surface area contributed by atoms with E-state index in [9.17, 15) is 42.1 Å². The number of alkyl halides is 5. The predicted octanol–water partition coefficient (Wildman–Crippen LogP) is 8.10. The molecule has 0 saturated carbocycles. The van der Waals surface area contributed by atoms with Crippen molar-refractivity contribution in [1.82, 2.24) is 0 Å². The molecule has 0 spiro atoms. The molecule has 0 bridgehead atoms. The molecule has 41 heavy (non-hydrogen) atoms. The van der Waals surface area contributed by atoms with E-state index >= 15 is 0 Å². The van der Waals surface area contributed by atoms with Crippen LogP contribution in [0.2, 0.25) is 0 Å². The molecule has 0 saturated heterocycles. The van der Waals surface area contributed by atoms with Crippen molar-refractivity contribution in [2.24, 2.45) is 5.92 Å². The van der Waals surface area contributed by atoms with Gasteiger partial charge in [0.25, 0.3) is 0 Å². The fraction of sp³-hybridized carbons (Fsp3) is 0.581. The van der Waals surface area contributed by atoms with Crippen LogP contribution in [0.25, 0.3) is 0 Å². The van der Waals surface area contributed by atoms with Gasteiger partial charge in [0.1, 0.15) is 11.5 Å². The highest BCUT2D eigenvalue weighted by molar-refractivity contribution is 7.99. The van der Waals surface area contributed by atoms with Crippen LogP contribution in [0.3, 0.4) is 0 Å². The van der Waals surface area contributed by atoms with Crippen LogP contribution < -0.4 is 5.11 Å². The number of aliphatic carboxylic acids is 1. The first kappa shape index (κ1) is 33.0. The third-order valence-corrected chi connectivity index (χ3v) is 9.69. The van der Waals surface area contributed by atoms with Gasteiger partial charge in [-0.1, -0.05) is 63.6 Å². The summed E-state index contributed by atoms with van der Waals surface area (Å²) in [7, 11) is 0. The summed E-state index contributed by atoms with van der Waals surface area (Å²) in [5, 5.41) is 31.1. The predicted molar refractivity (Wildman–Crippen MR) is 147 cm³/mol. The Morgan fingerprint density at radius 3 is 2.15 bits per heavy atom. The van der Waals surface area contributed by atoms with Crippen molar-refractivity contribution in [2.75, 3.05) is 5.75 Å². The number of fused-ring (bicyclic) bond motifs is 1.